The molecule has 0 saturated heterocycles. The molecule has 0 fully saturated rings. The highest BCUT2D eigenvalue weighted by molar-refractivity contribution is 5.88. The summed E-state index contributed by atoms with van der Waals surface area (Å²) in [5.41, 5.74) is 2.41. The van der Waals surface area contributed by atoms with Crippen LogP contribution in [0.15, 0.2) is 35.5 Å². The molecule has 58 valence electrons. The minimum Gasteiger partial charge on any atom is -0.478 e. The summed E-state index contributed by atoms with van der Waals surface area (Å²) in [6.45, 7) is 5.62. The van der Waals surface area contributed by atoms with Crippen LogP contribution in [-0.4, -0.2) is 11.1 Å². The molecule has 2 nitrogen and oxygen atoms in total. The lowest BCUT2D eigenvalue weighted by atomic mass is 10.1. The number of aliphatic carboxylic acids is 1. The molecule has 0 unspecified atom stereocenters. The molecule has 0 spiro atoms. The molecular formula is C9H10O2. The first kappa shape index (κ1) is 7.79. The molecule has 11 heavy (non-hydrogen) atoms. The minimum atomic E-state index is -0.836. The molecule has 2 heteroatoms. The first-order chi connectivity index (χ1) is 5.11. The van der Waals surface area contributed by atoms with Gasteiger partial charge in [0.25, 0.3) is 0 Å². The number of rotatable bonds is 2. The molecule has 0 saturated carbocycles. The van der Waals surface area contributed by atoms with Crippen LogP contribution in [0.3, 0.4) is 0 Å². The van der Waals surface area contributed by atoms with Gasteiger partial charge in [-0.25, -0.2) is 4.79 Å². The summed E-state index contributed by atoms with van der Waals surface area (Å²) in [6, 6.07) is 0. The van der Waals surface area contributed by atoms with Crippen LogP contribution in [0.5, 0.6) is 0 Å². The molecule has 0 aromatic heterocycles. The zero-order chi connectivity index (χ0) is 8.43. The lowest BCUT2D eigenvalue weighted by Gasteiger charge is -1.99. The summed E-state index contributed by atoms with van der Waals surface area (Å²) in [6.07, 6.45) is 3.96. The Balaban J connectivity index is 2.66. The minimum absolute atomic E-state index is 0.447. The molecular weight excluding hydrogens is 140 g/mol. The number of carboxylic acid groups (broad SMARTS) is 1. The Bertz CT molecular complexity index is 241. The van der Waals surface area contributed by atoms with Crippen molar-refractivity contribution in [2.45, 2.75) is 13.3 Å². The van der Waals surface area contributed by atoms with Crippen molar-refractivity contribution in [1.29, 1.82) is 0 Å². The predicted octanol–water partition coefficient (Wildman–Crippen LogP) is 1.90. The Morgan fingerprint density at radius 2 is 2.09 bits per heavy atom. The summed E-state index contributed by atoms with van der Waals surface area (Å²) in [7, 11) is 0. The van der Waals surface area contributed by atoms with E-state index in [9.17, 15) is 4.79 Å². The molecule has 0 aromatic carbocycles. The van der Waals surface area contributed by atoms with Crippen LogP contribution in [0.25, 0.3) is 0 Å². The van der Waals surface area contributed by atoms with E-state index in [0.29, 0.717) is 12.0 Å². The van der Waals surface area contributed by atoms with Crippen LogP contribution in [0.2, 0.25) is 0 Å². The van der Waals surface area contributed by atoms with E-state index in [1.54, 1.807) is 6.08 Å². The molecule has 0 radical (unpaired) electrons. The molecule has 0 atom stereocenters. The average molecular weight is 150 g/mol. The summed E-state index contributed by atoms with van der Waals surface area (Å²) in [5.74, 6) is -0.836. The normalized spacial score (nSPS) is 15.7. The Morgan fingerprint density at radius 3 is 2.36 bits per heavy atom. The van der Waals surface area contributed by atoms with E-state index in [1.807, 2.05) is 13.0 Å². The van der Waals surface area contributed by atoms with Crippen LogP contribution in [0.4, 0.5) is 0 Å². The molecule has 1 N–H and O–H groups in total. The van der Waals surface area contributed by atoms with Gasteiger partial charge in [0.1, 0.15) is 0 Å². The maximum atomic E-state index is 10.4. The van der Waals surface area contributed by atoms with Gasteiger partial charge in [0.05, 0.1) is 0 Å². The van der Waals surface area contributed by atoms with Gasteiger partial charge in [-0.2, -0.15) is 0 Å². The van der Waals surface area contributed by atoms with E-state index in [2.05, 4.69) is 6.58 Å². The van der Waals surface area contributed by atoms with Gasteiger partial charge < -0.3 is 5.11 Å². The average Bonchev–Trinajstić information content (AvgIpc) is 2.33. The molecule has 0 bridgehead atoms. The fraction of sp³-hybridized carbons (Fsp3) is 0.222. The van der Waals surface area contributed by atoms with Gasteiger partial charge in [-0.1, -0.05) is 24.3 Å². The maximum Gasteiger partial charge on any atom is 0.331 e. The van der Waals surface area contributed by atoms with Crippen LogP contribution >= 0.6 is 0 Å². The summed E-state index contributed by atoms with van der Waals surface area (Å²) in [5, 5.41) is 8.58. The monoisotopic (exact) mass is 150 g/mol. The first-order valence-corrected chi connectivity index (χ1v) is 3.40. The zero-order valence-electron chi connectivity index (χ0n) is 6.42. The second-order valence-corrected chi connectivity index (χ2v) is 2.65. The van der Waals surface area contributed by atoms with Crippen molar-refractivity contribution in [2.24, 2.45) is 0 Å². The Kier molecular flexibility index (Phi) is 1.94. The third kappa shape index (κ3) is 1.58. The second-order valence-electron chi connectivity index (χ2n) is 2.65. The Morgan fingerprint density at radius 1 is 1.55 bits per heavy atom. The summed E-state index contributed by atoms with van der Waals surface area (Å²) >= 11 is 0. The largest absolute Gasteiger partial charge is 0.478 e. The highest BCUT2D eigenvalue weighted by Crippen LogP contribution is 2.23. The summed E-state index contributed by atoms with van der Waals surface area (Å²) in [4.78, 5) is 10.4. The Labute approximate surface area is 65.5 Å². The quantitative estimate of drug-likeness (QED) is 0.652. The van der Waals surface area contributed by atoms with E-state index in [4.69, 9.17) is 5.11 Å². The number of hydrogen-bond donors (Lipinski definition) is 1. The predicted molar refractivity (Wildman–Crippen MR) is 43.2 cm³/mol. The van der Waals surface area contributed by atoms with Crippen molar-refractivity contribution in [1.82, 2.24) is 0 Å². The van der Waals surface area contributed by atoms with Gasteiger partial charge in [-0.15, -0.1) is 0 Å². The van der Waals surface area contributed by atoms with Crippen LogP contribution in [0.1, 0.15) is 13.3 Å². The van der Waals surface area contributed by atoms with Crippen LogP contribution in [-0.2, 0) is 4.79 Å². The van der Waals surface area contributed by atoms with E-state index < -0.39 is 5.97 Å². The number of carboxylic acids is 1. The molecule has 1 aliphatic carbocycles. The third-order valence-electron chi connectivity index (χ3n) is 1.69. The van der Waals surface area contributed by atoms with Gasteiger partial charge in [0.15, 0.2) is 0 Å². The zero-order valence-corrected chi connectivity index (χ0v) is 6.42. The van der Waals surface area contributed by atoms with Gasteiger partial charge in [-0.3, -0.25) is 0 Å². The Hall–Kier alpha value is -1.31. The van der Waals surface area contributed by atoms with Crippen LogP contribution in [0, 0.1) is 0 Å². The fourth-order valence-electron chi connectivity index (χ4n) is 0.964. The second kappa shape index (κ2) is 2.74. The highest BCUT2D eigenvalue weighted by Gasteiger charge is 2.13. The van der Waals surface area contributed by atoms with Gasteiger partial charge >= 0.3 is 5.97 Å². The van der Waals surface area contributed by atoms with Crippen molar-refractivity contribution in [3.05, 3.63) is 35.5 Å². The van der Waals surface area contributed by atoms with Crippen molar-refractivity contribution in [3.8, 4) is 0 Å². The van der Waals surface area contributed by atoms with E-state index in [0.717, 1.165) is 11.1 Å². The number of carbonyl (C=O) groups is 1. The SMILES string of the molecule is C=C(C)C1=CC=C(C(=O)O)C1. The molecule has 0 aromatic rings. The number of hydrogen-bond acceptors (Lipinski definition) is 1. The van der Waals surface area contributed by atoms with Crippen molar-refractivity contribution in [3.63, 3.8) is 0 Å². The molecule has 1 rings (SSSR count). The lowest BCUT2D eigenvalue weighted by Crippen LogP contribution is -1.98. The van der Waals surface area contributed by atoms with Gasteiger partial charge in [0, 0.05) is 12.0 Å². The first-order valence-electron chi connectivity index (χ1n) is 3.40. The van der Waals surface area contributed by atoms with Crippen LogP contribution < -0.4 is 0 Å². The number of allylic oxidation sites excluding steroid dienone is 4. The standard InChI is InChI=1S/C9H10O2/c1-6(2)7-3-4-8(5-7)9(10)11/h3-4H,1,5H2,2H3,(H,10,11). The molecule has 0 amide bonds. The highest BCUT2D eigenvalue weighted by atomic mass is 16.4. The molecule has 0 aliphatic heterocycles. The van der Waals surface area contributed by atoms with Crippen molar-refractivity contribution >= 4 is 5.97 Å². The maximum absolute atomic E-state index is 10.4. The van der Waals surface area contributed by atoms with E-state index >= 15 is 0 Å². The van der Waals surface area contributed by atoms with Crippen molar-refractivity contribution < 1.29 is 9.90 Å². The third-order valence-corrected chi connectivity index (χ3v) is 1.69. The topological polar surface area (TPSA) is 37.3 Å². The van der Waals surface area contributed by atoms with Crippen molar-refractivity contribution in [2.75, 3.05) is 0 Å². The molecule has 1 aliphatic rings. The van der Waals surface area contributed by atoms with Gasteiger partial charge in [0.2, 0.25) is 0 Å². The lowest BCUT2D eigenvalue weighted by molar-refractivity contribution is -0.132. The van der Waals surface area contributed by atoms with Gasteiger partial charge in [-0.05, 0) is 12.5 Å². The summed E-state index contributed by atoms with van der Waals surface area (Å²) < 4.78 is 0. The van der Waals surface area contributed by atoms with E-state index in [-0.39, 0.29) is 0 Å². The van der Waals surface area contributed by atoms with E-state index in [1.165, 1.54) is 0 Å². The smallest absolute Gasteiger partial charge is 0.331 e. The fourth-order valence-corrected chi connectivity index (χ4v) is 0.964. The molecule has 0 heterocycles.